The molecule has 1 aromatic carbocycles. The minimum Gasteiger partial charge on any atom is -0.381 e. The number of imidazole rings is 1. The zero-order valence-corrected chi connectivity index (χ0v) is 13.9. The number of rotatable bonds is 5. The molecule has 3 aromatic rings. The monoisotopic (exact) mass is 326 g/mol. The highest BCUT2D eigenvalue weighted by atomic mass is 16.5. The van der Waals surface area contributed by atoms with Gasteiger partial charge >= 0.3 is 0 Å². The van der Waals surface area contributed by atoms with E-state index in [9.17, 15) is 0 Å². The molecule has 6 nitrogen and oxygen atoms in total. The van der Waals surface area contributed by atoms with Crippen molar-refractivity contribution in [2.24, 2.45) is 0 Å². The molecule has 6 heteroatoms. The number of para-hydroxylation sites is 1. The van der Waals surface area contributed by atoms with Crippen LogP contribution in [0.25, 0.3) is 21.9 Å². The highest BCUT2D eigenvalue weighted by Gasteiger charge is 2.19. The molecule has 4 rings (SSSR count). The lowest BCUT2D eigenvalue weighted by atomic mass is 10.1. The zero-order chi connectivity index (χ0) is 16.4. The Kier molecular flexibility index (Phi) is 4.32. The summed E-state index contributed by atoms with van der Waals surface area (Å²) in [5, 5.41) is 1.10. The average Bonchev–Trinajstić information content (AvgIpc) is 2.99. The van der Waals surface area contributed by atoms with E-state index in [0.717, 1.165) is 53.8 Å². The van der Waals surface area contributed by atoms with Crippen molar-refractivity contribution < 1.29 is 9.47 Å². The van der Waals surface area contributed by atoms with Crippen LogP contribution in [0.15, 0.2) is 30.5 Å². The first-order chi connectivity index (χ1) is 11.9. The van der Waals surface area contributed by atoms with E-state index in [1.54, 1.807) is 0 Å². The topological polar surface area (TPSA) is 61.2 Å². The van der Waals surface area contributed by atoms with E-state index in [0.29, 0.717) is 19.3 Å². The maximum Gasteiger partial charge on any atom is 0.154 e. The fourth-order valence-corrected chi connectivity index (χ4v) is 3.19. The van der Waals surface area contributed by atoms with E-state index >= 15 is 0 Å². The van der Waals surface area contributed by atoms with Gasteiger partial charge in [0.2, 0.25) is 0 Å². The molecule has 1 aliphatic rings. The Hall–Kier alpha value is -2.18. The molecule has 2 aromatic heterocycles. The van der Waals surface area contributed by atoms with Crippen molar-refractivity contribution in [3.8, 4) is 0 Å². The molecule has 1 fully saturated rings. The summed E-state index contributed by atoms with van der Waals surface area (Å²) in [6, 6.07) is 8.55. The highest BCUT2D eigenvalue weighted by molar-refractivity contribution is 6.02. The van der Waals surface area contributed by atoms with E-state index in [-0.39, 0.29) is 0 Å². The van der Waals surface area contributed by atoms with Gasteiger partial charge < -0.3 is 14.9 Å². The van der Waals surface area contributed by atoms with Crippen molar-refractivity contribution in [2.45, 2.75) is 32.4 Å². The lowest BCUT2D eigenvalue weighted by Gasteiger charge is -2.26. The quantitative estimate of drug-likeness (QED) is 0.781. The van der Waals surface area contributed by atoms with Crippen LogP contribution in [0, 0.1) is 0 Å². The van der Waals surface area contributed by atoms with E-state index in [1.807, 2.05) is 31.3 Å². The second kappa shape index (κ2) is 6.75. The van der Waals surface area contributed by atoms with Gasteiger partial charge in [0.25, 0.3) is 0 Å². The molecule has 0 bridgehead atoms. The van der Waals surface area contributed by atoms with Crippen LogP contribution in [0.4, 0.5) is 0 Å². The number of nitrogens with zero attached hydrogens (tertiary/aromatic N) is 3. The van der Waals surface area contributed by atoms with Gasteiger partial charge in [0.15, 0.2) is 5.82 Å². The molecule has 1 saturated heterocycles. The molecule has 0 radical (unpaired) electrons. The number of pyridine rings is 1. The van der Waals surface area contributed by atoms with Crippen LogP contribution in [0.3, 0.4) is 0 Å². The van der Waals surface area contributed by atoms with Gasteiger partial charge in [-0.1, -0.05) is 18.2 Å². The number of aromatic nitrogens is 3. The van der Waals surface area contributed by atoms with Crippen molar-refractivity contribution in [1.82, 2.24) is 14.6 Å². The number of ether oxygens (including phenoxy) is 2. The largest absolute Gasteiger partial charge is 0.381 e. The van der Waals surface area contributed by atoms with Crippen LogP contribution in [-0.4, -0.2) is 40.5 Å². The molecule has 0 spiro atoms. The van der Waals surface area contributed by atoms with Gasteiger partial charge in [-0.2, -0.15) is 0 Å². The number of hydrogen-bond donors (Lipinski definition) is 1. The maximum absolute atomic E-state index is 5.62. The summed E-state index contributed by atoms with van der Waals surface area (Å²) in [5.74, 6) is 0.886. The second-order valence-electron chi connectivity index (χ2n) is 6.03. The van der Waals surface area contributed by atoms with E-state index < -0.39 is 0 Å². The summed E-state index contributed by atoms with van der Waals surface area (Å²) < 4.78 is 13.2. The Morgan fingerprint density at radius 1 is 1.25 bits per heavy atom. The van der Waals surface area contributed by atoms with Crippen molar-refractivity contribution in [3.05, 3.63) is 36.3 Å². The molecule has 1 N–H and O–H groups in total. The third-order valence-corrected chi connectivity index (χ3v) is 4.43. The molecular weight excluding hydrogens is 304 g/mol. The third-order valence-electron chi connectivity index (χ3n) is 4.43. The van der Waals surface area contributed by atoms with E-state index in [4.69, 9.17) is 14.5 Å². The SMILES string of the molecule is CCOCc1nc2cnc3ccccc3c2n1NC1CCOCC1. The Balaban J connectivity index is 1.83. The molecule has 0 amide bonds. The predicted octanol–water partition coefficient (Wildman–Crippen LogP) is 2.84. The van der Waals surface area contributed by atoms with Crippen molar-refractivity contribution >= 4 is 21.9 Å². The molecule has 24 heavy (non-hydrogen) atoms. The van der Waals surface area contributed by atoms with Crippen LogP contribution in [-0.2, 0) is 16.1 Å². The fraction of sp³-hybridized carbons (Fsp3) is 0.444. The Morgan fingerprint density at radius 2 is 2.08 bits per heavy atom. The van der Waals surface area contributed by atoms with Gasteiger partial charge in [0.05, 0.1) is 11.7 Å². The van der Waals surface area contributed by atoms with E-state index in [1.165, 1.54) is 0 Å². The lowest BCUT2D eigenvalue weighted by Crippen LogP contribution is -2.34. The summed E-state index contributed by atoms with van der Waals surface area (Å²) in [5.41, 5.74) is 6.58. The minimum atomic E-state index is 0.378. The van der Waals surface area contributed by atoms with Gasteiger partial charge in [-0.3, -0.25) is 4.98 Å². The number of benzene rings is 1. The summed E-state index contributed by atoms with van der Waals surface area (Å²) in [7, 11) is 0. The smallest absolute Gasteiger partial charge is 0.154 e. The van der Waals surface area contributed by atoms with Gasteiger partial charge in [-0.15, -0.1) is 0 Å². The molecule has 0 atom stereocenters. The maximum atomic E-state index is 5.62. The zero-order valence-electron chi connectivity index (χ0n) is 13.9. The summed E-state index contributed by atoms with van der Waals surface area (Å²) in [6.45, 7) is 4.74. The van der Waals surface area contributed by atoms with Crippen LogP contribution < -0.4 is 5.43 Å². The number of fused-ring (bicyclic) bond motifs is 3. The molecule has 1 aliphatic heterocycles. The number of hydrogen-bond acceptors (Lipinski definition) is 5. The molecule has 0 aliphatic carbocycles. The second-order valence-corrected chi connectivity index (χ2v) is 6.03. The summed E-state index contributed by atoms with van der Waals surface area (Å²) >= 11 is 0. The third kappa shape index (κ3) is 2.83. The van der Waals surface area contributed by atoms with E-state index in [2.05, 4.69) is 21.2 Å². The normalized spacial score (nSPS) is 16.0. The average molecular weight is 326 g/mol. The van der Waals surface area contributed by atoms with Crippen LogP contribution in [0.1, 0.15) is 25.6 Å². The Labute approximate surface area is 140 Å². The first-order valence-electron chi connectivity index (χ1n) is 8.54. The fourth-order valence-electron chi connectivity index (χ4n) is 3.19. The first kappa shape index (κ1) is 15.4. The molecule has 0 saturated carbocycles. The van der Waals surface area contributed by atoms with Crippen LogP contribution in [0.5, 0.6) is 0 Å². The lowest BCUT2D eigenvalue weighted by molar-refractivity contribution is 0.0873. The van der Waals surface area contributed by atoms with Crippen molar-refractivity contribution in [2.75, 3.05) is 25.2 Å². The summed E-state index contributed by atoms with van der Waals surface area (Å²) in [6.07, 6.45) is 3.84. The molecule has 0 unspecified atom stereocenters. The minimum absolute atomic E-state index is 0.378. The standard InChI is InChI=1S/C18H22N4O2/c1-2-23-12-17-20-16-11-19-15-6-4-3-5-14(15)18(16)22(17)21-13-7-9-24-10-8-13/h3-6,11,13,21H,2,7-10,12H2,1H3. The van der Waals surface area contributed by atoms with Crippen molar-refractivity contribution in [1.29, 1.82) is 0 Å². The number of nitrogens with one attached hydrogen (secondary N) is 1. The Bertz CT molecular complexity index is 840. The van der Waals surface area contributed by atoms with Gasteiger partial charge in [-0.25, -0.2) is 9.66 Å². The van der Waals surface area contributed by atoms with Gasteiger partial charge in [-0.05, 0) is 25.8 Å². The summed E-state index contributed by atoms with van der Waals surface area (Å²) in [4.78, 5) is 9.27. The van der Waals surface area contributed by atoms with Crippen LogP contribution >= 0.6 is 0 Å². The molecule has 126 valence electrons. The van der Waals surface area contributed by atoms with Crippen molar-refractivity contribution in [3.63, 3.8) is 0 Å². The Morgan fingerprint density at radius 3 is 2.92 bits per heavy atom. The van der Waals surface area contributed by atoms with Gasteiger partial charge in [0, 0.05) is 31.2 Å². The van der Waals surface area contributed by atoms with Gasteiger partial charge in [0.1, 0.15) is 17.6 Å². The first-order valence-corrected chi connectivity index (χ1v) is 8.54. The van der Waals surface area contributed by atoms with Crippen LogP contribution in [0.2, 0.25) is 0 Å². The predicted molar refractivity (Wildman–Crippen MR) is 93.6 cm³/mol. The highest BCUT2D eigenvalue weighted by Crippen LogP contribution is 2.25. The molecular formula is C18H22N4O2. The molecule has 3 heterocycles.